The summed E-state index contributed by atoms with van der Waals surface area (Å²) in [5.74, 6) is 0.828. The number of ether oxygens (including phenoxy) is 1. The monoisotopic (exact) mass is 302 g/mol. The Labute approximate surface area is 129 Å². The lowest BCUT2D eigenvalue weighted by Crippen LogP contribution is -2.28. The Morgan fingerprint density at radius 2 is 1.95 bits per heavy atom. The molecule has 2 rings (SSSR count). The van der Waals surface area contributed by atoms with Crippen molar-refractivity contribution in [3.05, 3.63) is 47.2 Å². The molecule has 2 nitrogen and oxygen atoms in total. The Balaban J connectivity index is 2.62. The predicted octanol–water partition coefficient (Wildman–Crippen LogP) is 4.43. The van der Waals surface area contributed by atoms with Gasteiger partial charge in [-0.1, -0.05) is 49.6 Å². The Hall–Kier alpha value is -1.32. The van der Waals surface area contributed by atoms with Crippen molar-refractivity contribution in [2.24, 2.45) is 0 Å². The molecule has 1 aromatic carbocycles. The van der Waals surface area contributed by atoms with E-state index in [-0.39, 0.29) is 0 Å². The van der Waals surface area contributed by atoms with Gasteiger partial charge in [-0.3, -0.25) is 0 Å². The molecule has 0 aromatic heterocycles. The van der Waals surface area contributed by atoms with Crippen molar-refractivity contribution in [1.82, 2.24) is 0 Å². The molecule has 114 valence electrons. The number of benzene rings is 1. The first-order valence-electron chi connectivity index (χ1n) is 7.60. The summed E-state index contributed by atoms with van der Waals surface area (Å²) in [7, 11) is 0.198. The van der Waals surface area contributed by atoms with E-state index in [1.807, 2.05) is 24.3 Å². The lowest BCUT2D eigenvalue weighted by molar-refractivity contribution is 0.212. The van der Waals surface area contributed by atoms with E-state index in [0.29, 0.717) is 0 Å². The fourth-order valence-corrected chi connectivity index (χ4v) is 4.09. The Kier molecular flexibility index (Phi) is 4.74. The van der Waals surface area contributed by atoms with Gasteiger partial charge in [0.05, 0.1) is 21.3 Å². The fraction of sp³-hybridized carbons (Fsp3) is 0.444. The molecule has 21 heavy (non-hydrogen) atoms. The van der Waals surface area contributed by atoms with Gasteiger partial charge in [0.2, 0.25) is 0 Å². The molecule has 1 aromatic rings. The SMILES string of the molecule is C=C(C1=C(c2ccccc2OC)C(O)CCC1)[Si](C)(C)C. The van der Waals surface area contributed by atoms with Gasteiger partial charge in [0.1, 0.15) is 5.75 Å². The molecule has 0 fully saturated rings. The van der Waals surface area contributed by atoms with Gasteiger partial charge in [0.25, 0.3) is 0 Å². The molecule has 1 aliphatic carbocycles. The first-order valence-corrected chi connectivity index (χ1v) is 11.1. The van der Waals surface area contributed by atoms with E-state index in [0.717, 1.165) is 36.1 Å². The normalized spacial score (nSPS) is 19.6. The minimum atomic E-state index is -1.48. The molecule has 1 atom stereocenters. The minimum Gasteiger partial charge on any atom is -0.496 e. The van der Waals surface area contributed by atoms with E-state index >= 15 is 0 Å². The lowest BCUT2D eigenvalue weighted by atomic mass is 9.84. The molecule has 0 heterocycles. The lowest BCUT2D eigenvalue weighted by Gasteiger charge is -2.31. The summed E-state index contributed by atoms with van der Waals surface area (Å²) in [5.41, 5.74) is 3.31. The number of rotatable bonds is 4. The highest BCUT2D eigenvalue weighted by molar-refractivity contribution is 6.84. The van der Waals surface area contributed by atoms with Crippen LogP contribution in [0.4, 0.5) is 0 Å². The maximum absolute atomic E-state index is 10.6. The van der Waals surface area contributed by atoms with Gasteiger partial charge in [0, 0.05) is 5.56 Å². The summed E-state index contributed by atoms with van der Waals surface area (Å²) in [6.07, 6.45) is 2.43. The predicted molar refractivity (Wildman–Crippen MR) is 92.3 cm³/mol. The summed E-state index contributed by atoms with van der Waals surface area (Å²) in [4.78, 5) is 0. The van der Waals surface area contributed by atoms with Gasteiger partial charge in [-0.15, -0.1) is 0 Å². The average Bonchev–Trinajstić information content (AvgIpc) is 2.45. The number of para-hydroxylation sites is 1. The smallest absolute Gasteiger partial charge is 0.126 e. The standard InChI is InChI=1S/C18H26O2Si/c1-13(21(3,4)5)14-10-8-11-16(19)18(14)15-9-6-7-12-17(15)20-2/h6-7,9,12,16,19H,1,8,10-11H2,2-5H3. The molecule has 3 heteroatoms. The Morgan fingerprint density at radius 1 is 1.29 bits per heavy atom. The molecule has 0 spiro atoms. The van der Waals surface area contributed by atoms with E-state index < -0.39 is 14.2 Å². The second-order valence-electron chi connectivity index (χ2n) is 6.73. The highest BCUT2D eigenvalue weighted by Gasteiger charge is 2.30. The van der Waals surface area contributed by atoms with E-state index in [1.165, 1.54) is 10.8 Å². The van der Waals surface area contributed by atoms with Crippen LogP contribution in [0.5, 0.6) is 5.75 Å². The van der Waals surface area contributed by atoms with Crippen LogP contribution in [0, 0.1) is 0 Å². The van der Waals surface area contributed by atoms with Gasteiger partial charge in [-0.2, -0.15) is 0 Å². The summed E-state index contributed by atoms with van der Waals surface area (Å²) < 4.78 is 5.50. The third kappa shape index (κ3) is 3.30. The van der Waals surface area contributed by atoms with Gasteiger partial charge in [-0.25, -0.2) is 0 Å². The zero-order valence-electron chi connectivity index (χ0n) is 13.6. The molecule has 0 amide bonds. The molecular formula is C18H26O2Si. The van der Waals surface area contributed by atoms with Gasteiger partial charge < -0.3 is 9.84 Å². The Morgan fingerprint density at radius 3 is 2.57 bits per heavy atom. The minimum absolute atomic E-state index is 0.418. The van der Waals surface area contributed by atoms with Crippen LogP contribution in [0.25, 0.3) is 5.57 Å². The topological polar surface area (TPSA) is 29.5 Å². The van der Waals surface area contributed by atoms with Gasteiger partial charge >= 0.3 is 0 Å². The quantitative estimate of drug-likeness (QED) is 0.834. The van der Waals surface area contributed by atoms with Crippen LogP contribution in [-0.2, 0) is 0 Å². The molecular weight excluding hydrogens is 276 g/mol. The first-order chi connectivity index (χ1) is 9.86. The molecule has 1 unspecified atom stereocenters. The van der Waals surface area contributed by atoms with Crippen molar-refractivity contribution >= 4 is 13.6 Å². The maximum atomic E-state index is 10.6. The van der Waals surface area contributed by atoms with E-state index in [1.54, 1.807) is 7.11 Å². The second-order valence-corrected chi connectivity index (χ2v) is 11.8. The van der Waals surface area contributed by atoms with Crippen LogP contribution in [0.2, 0.25) is 19.6 Å². The fourth-order valence-electron chi connectivity index (χ4n) is 2.93. The largest absolute Gasteiger partial charge is 0.496 e. The molecule has 0 saturated carbocycles. The Bertz CT molecular complexity index is 567. The van der Waals surface area contributed by atoms with E-state index in [2.05, 4.69) is 26.2 Å². The summed E-state index contributed by atoms with van der Waals surface area (Å²) in [5, 5.41) is 11.8. The summed E-state index contributed by atoms with van der Waals surface area (Å²) in [6, 6.07) is 7.96. The summed E-state index contributed by atoms with van der Waals surface area (Å²) >= 11 is 0. The van der Waals surface area contributed by atoms with Gasteiger partial charge in [-0.05, 0) is 36.5 Å². The van der Waals surface area contributed by atoms with Crippen molar-refractivity contribution in [2.45, 2.75) is 45.0 Å². The zero-order valence-corrected chi connectivity index (χ0v) is 14.6. The number of hydrogen-bond donors (Lipinski definition) is 1. The number of methoxy groups -OCH3 is 1. The van der Waals surface area contributed by atoms with Crippen molar-refractivity contribution < 1.29 is 9.84 Å². The highest BCUT2D eigenvalue weighted by Crippen LogP contribution is 2.41. The molecule has 1 aliphatic rings. The van der Waals surface area contributed by atoms with E-state index in [9.17, 15) is 5.11 Å². The van der Waals surface area contributed by atoms with Crippen molar-refractivity contribution in [1.29, 1.82) is 0 Å². The first kappa shape index (κ1) is 16.1. The third-order valence-electron chi connectivity index (χ3n) is 4.23. The summed E-state index contributed by atoms with van der Waals surface area (Å²) in [6.45, 7) is 11.3. The molecule has 1 N–H and O–H groups in total. The highest BCUT2D eigenvalue weighted by atomic mass is 28.3. The number of allylic oxidation sites excluding steroid dienone is 2. The molecule has 0 radical (unpaired) electrons. The van der Waals surface area contributed by atoms with E-state index in [4.69, 9.17) is 4.74 Å². The zero-order chi connectivity index (χ0) is 15.6. The van der Waals surface area contributed by atoms with Crippen LogP contribution < -0.4 is 4.74 Å². The number of hydrogen-bond acceptors (Lipinski definition) is 2. The van der Waals surface area contributed by atoms with Gasteiger partial charge in [0.15, 0.2) is 0 Å². The van der Waals surface area contributed by atoms with Crippen LogP contribution in [0.1, 0.15) is 24.8 Å². The second kappa shape index (κ2) is 6.20. The molecule has 0 saturated heterocycles. The number of aliphatic hydroxyl groups excluding tert-OH is 1. The number of aliphatic hydroxyl groups is 1. The van der Waals surface area contributed by atoms with Crippen LogP contribution >= 0.6 is 0 Å². The average molecular weight is 302 g/mol. The third-order valence-corrected chi connectivity index (χ3v) is 6.34. The van der Waals surface area contributed by atoms with Crippen LogP contribution in [0.3, 0.4) is 0 Å². The van der Waals surface area contributed by atoms with Crippen LogP contribution in [0.15, 0.2) is 41.6 Å². The molecule has 0 aliphatic heterocycles. The van der Waals surface area contributed by atoms with Crippen molar-refractivity contribution in [2.75, 3.05) is 7.11 Å². The molecule has 0 bridgehead atoms. The van der Waals surface area contributed by atoms with Crippen molar-refractivity contribution in [3.63, 3.8) is 0 Å². The van der Waals surface area contributed by atoms with Crippen LogP contribution in [-0.4, -0.2) is 26.4 Å². The van der Waals surface area contributed by atoms with Crippen molar-refractivity contribution in [3.8, 4) is 5.75 Å². The maximum Gasteiger partial charge on any atom is 0.126 e.